The van der Waals surface area contributed by atoms with Crippen molar-refractivity contribution in [3.63, 3.8) is 0 Å². The predicted octanol–water partition coefficient (Wildman–Crippen LogP) is 5.76. The normalized spacial score (nSPS) is 11.9. The maximum Gasteiger partial charge on any atom is 0.0270 e. The Hall–Kier alpha value is -0.660. The Labute approximate surface area is 114 Å². The van der Waals surface area contributed by atoms with Gasteiger partial charge in [-0.25, -0.2) is 0 Å². The summed E-state index contributed by atoms with van der Waals surface area (Å²) in [6.07, 6.45) is 19.4. The molecule has 0 aliphatic rings. The van der Waals surface area contributed by atoms with Gasteiger partial charge in [0.05, 0.1) is 0 Å². The highest BCUT2D eigenvalue weighted by Gasteiger charge is 1.87. The molecule has 0 heterocycles. The summed E-state index contributed by atoms with van der Waals surface area (Å²) in [5, 5.41) is 8.14. The molecule has 0 fully saturated rings. The third kappa shape index (κ3) is 15.3. The van der Waals surface area contributed by atoms with Crippen LogP contribution in [0.3, 0.4) is 0 Å². The van der Waals surface area contributed by atoms with Gasteiger partial charge in [-0.1, -0.05) is 65.2 Å². The summed E-state index contributed by atoms with van der Waals surface area (Å²) in [6, 6.07) is 0. The minimum absolute atomic E-state index is 1.08. The molecule has 0 aromatic carbocycles. The van der Waals surface area contributed by atoms with Gasteiger partial charge in [0.1, 0.15) is 0 Å². The first-order valence-electron chi connectivity index (χ1n) is 7.95. The van der Waals surface area contributed by atoms with Crippen LogP contribution in [-0.2, 0) is 0 Å². The fraction of sp³-hybridized carbons (Fsp3) is 0.875. The van der Waals surface area contributed by atoms with E-state index in [-0.39, 0.29) is 0 Å². The second kappa shape index (κ2) is 16.3. The van der Waals surface area contributed by atoms with E-state index in [0.29, 0.717) is 0 Å². The van der Waals surface area contributed by atoms with Crippen molar-refractivity contribution >= 4 is 12.4 Å². The van der Waals surface area contributed by atoms with E-state index in [4.69, 9.17) is 0 Å². The predicted molar refractivity (Wildman–Crippen MR) is 83.7 cm³/mol. The Kier molecular flexibility index (Phi) is 15.7. The number of nitrogens with zero attached hydrogens (tertiary/aromatic N) is 2. The van der Waals surface area contributed by atoms with Crippen molar-refractivity contribution < 1.29 is 0 Å². The SMILES string of the molecule is CCCCCCC/C=N/N=C/CCCCCCC. The van der Waals surface area contributed by atoms with E-state index in [9.17, 15) is 0 Å². The first kappa shape index (κ1) is 17.3. The highest BCUT2D eigenvalue weighted by molar-refractivity contribution is 5.61. The van der Waals surface area contributed by atoms with Gasteiger partial charge >= 0.3 is 0 Å². The van der Waals surface area contributed by atoms with Crippen LogP contribution >= 0.6 is 0 Å². The molecule has 0 rings (SSSR count). The van der Waals surface area contributed by atoms with Crippen LogP contribution in [0.5, 0.6) is 0 Å². The third-order valence-corrected chi connectivity index (χ3v) is 3.10. The van der Waals surface area contributed by atoms with Gasteiger partial charge in [0.25, 0.3) is 0 Å². The summed E-state index contributed by atoms with van der Waals surface area (Å²) in [6.45, 7) is 4.50. The summed E-state index contributed by atoms with van der Waals surface area (Å²) < 4.78 is 0. The Morgan fingerprint density at radius 1 is 0.556 bits per heavy atom. The van der Waals surface area contributed by atoms with Gasteiger partial charge in [-0.3, -0.25) is 0 Å². The lowest BCUT2D eigenvalue weighted by atomic mass is 10.1. The highest BCUT2D eigenvalue weighted by Crippen LogP contribution is 2.04. The van der Waals surface area contributed by atoms with E-state index in [2.05, 4.69) is 24.1 Å². The van der Waals surface area contributed by atoms with Crippen LogP contribution in [0.25, 0.3) is 0 Å². The fourth-order valence-corrected chi connectivity index (χ4v) is 1.89. The molecule has 2 nitrogen and oxygen atoms in total. The molecule has 0 aliphatic carbocycles. The van der Waals surface area contributed by atoms with Crippen molar-refractivity contribution in [3.05, 3.63) is 0 Å². The Balaban J connectivity index is 3.15. The van der Waals surface area contributed by atoms with Crippen LogP contribution in [0.15, 0.2) is 10.2 Å². The van der Waals surface area contributed by atoms with Crippen LogP contribution in [0, 0.1) is 0 Å². The van der Waals surface area contributed by atoms with Crippen LogP contribution < -0.4 is 0 Å². The molecule has 0 aromatic rings. The number of hydrogen-bond acceptors (Lipinski definition) is 2. The largest absolute Gasteiger partial charge is 0.164 e. The highest BCUT2D eigenvalue weighted by atomic mass is 15.2. The molecule has 0 bridgehead atoms. The lowest BCUT2D eigenvalue weighted by Gasteiger charge is -1.95. The summed E-state index contributed by atoms with van der Waals surface area (Å²) in [5.74, 6) is 0. The van der Waals surface area contributed by atoms with E-state index in [0.717, 1.165) is 12.8 Å². The van der Waals surface area contributed by atoms with Crippen LogP contribution in [0.4, 0.5) is 0 Å². The quantitative estimate of drug-likeness (QED) is 0.226. The van der Waals surface area contributed by atoms with Gasteiger partial charge < -0.3 is 0 Å². The van der Waals surface area contributed by atoms with Crippen molar-refractivity contribution in [2.24, 2.45) is 10.2 Å². The van der Waals surface area contributed by atoms with E-state index < -0.39 is 0 Å². The van der Waals surface area contributed by atoms with E-state index in [1.165, 1.54) is 64.2 Å². The van der Waals surface area contributed by atoms with Crippen LogP contribution in [0.2, 0.25) is 0 Å². The lowest BCUT2D eigenvalue weighted by Crippen LogP contribution is -1.81. The maximum atomic E-state index is 4.07. The molecule has 0 spiro atoms. The molecule has 2 heteroatoms. The van der Waals surface area contributed by atoms with Crippen molar-refractivity contribution in [1.82, 2.24) is 0 Å². The molecule has 0 amide bonds. The second-order valence-corrected chi connectivity index (χ2v) is 5.00. The summed E-state index contributed by atoms with van der Waals surface area (Å²) in [7, 11) is 0. The number of hydrogen-bond donors (Lipinski definition) is 0. The van der Waals surface area contributed by atoms with Gasteiger partial charge in [0.15, 0.2) is 0 Å². The van der Waals surface area contributed by atoms with Gasteiger partial charge in [-0.2, -0.15) is 10.2 Å². The van der Waals surface area contributed by atoms with Crippen LogP contribution in [-0.4, -0.2) is 12.4 Å². The fourth-order valence-electron chi connectivity index (χ4n) is 1.89. The Bertz CT molecular complexity index is 175. The average molecular weight is 252 g/mol. The Morgan fingerprint density at radius 3 is 1.33 bits per heavy atom. The molecular weight excluding hydrogens is 220 g/mol. The molecular formula is C16H32N2. The molecule has 0 N–H and O–H groups in total. The minimum atomic E-state index is 1.08. The lowest BCUT2D eigenvalue weighted by molar-refractivity contribution is 0.644. The van der Waals surface area contributed by atoms with E-state index in [1.54, 1.807) is 0 Å². The molecule has 0 aliphatic heterocycles. The standard InChI is InChI=1S/C16H32N2/c1-3-5-7-9-11-13-15-17-18-16-14-12-10-8-6-4-2/h15-16H,3-14H2,1-2H3/b17-15+,18-16+. The third-order valence-electron chi connectivity index (χ3n) is 3.10. The smallest absolute Gasteiger partial charge is 0.0270 e. The van der Waals surface area contributed by atoms with Gasteiger partial charge in [-0.05, 0) is 25.7 Å². The minimum Gasteiger partial charge on any atom is -0.164 e. The number of rotatable bonds is 13. The average Bonchev–Trinajstić information content (AvgIpc) is 2.39. The van der Waals surface area contributed by atoms with Crippen molar-refractivity contribution in [1.29, 1.82) is 0 Å². The zero-order valence-corrected chi connectivity index (χ0v) is 12.5. The molecule has 0 atom stereocenters. The molecule has 106 valence electrons. The second-order valence-electron chi connectivity index (χ2n) is 5.00. The van der Waals surface area contributed by atoms with E-state index >= 15 is 0 Å². The van der Waals surface area contributed by atoms with Crippen molar-refractivity contribution in [2.45, 2.75) is 90.9 Å². The first-order valence-corrected chi connectivity index (χ1v) is 7.95. The van der Waals surface area contributed by atoms with E-state index in [1.807, 2.05) is 12.4 Å². The topological polar surface area (TPSA) is 24.7 Å². The Morgan fingerprint density at radius 2 is 0.944 bits per heavy atom. The summed E-state index contributed by atoms with van der Waals surface area (Å²) in [4.78, 5) is 0. The van der Waals surface area contributed by atoms with Crippen molar-refractivity contribution in [3.8, 4) is 0 Å². The molecule has 18 heavy (non-hydrogen) atoms. The van der Waals surface area contributed by atoms with Crippen LogP contribution in [0.1, 0.15) is 90.9 Å². The van der Waals surface area contributed by atoms with Gasteiger partial charge in [0, 0.05) is 12.4 Å². The zero-order valence-electron chi connectivity index (χ0n) is 12.5. The summed E-state index contributed by atoms with van der Waals surface area (Å²) >= 11 is 0. The first-order chi connectivity index (χ1) is 8.91. The monoisotopic (exact) mass is 252 g/mol. The zero-order chi connectivity index (χ0) is 13.3. The number of unbranched alkanes of at least 4 members (excludes halogenated alkanes) is 10. The van der Waals surface area contributed by atoms with Crippen molar-refractivity contribution in [2.75, 3.05) is 0 Å². The molecule has 0 saturated heterocycles. The molecule has 0 saturated carbocycles. The molecule has 0 aromatic heterocycles. The molecule has 0 radical (unpaired) electrons. The summed E-state index contributed by atoms with van der Waals surface area (Å²) in [5.41, 5.74) is 0. The van der Waals surface area contributed by atoms with Gasteiger partial charge in [0.2, 0.25) is 0 Å². The van der Waals surface area contributed by atoms with Gasteiger partial charge in [-0.15, -0.1) is 0 Å². The maximum absolute atomic E-state index is 4.07. The molecule has 0 unspecified atom stereocenters.